The van der Waals surface area contributed by atoms with Crippen molar-refractivity contribution in [2.24, 2.45) is 0 Å². The van der Waals surface area contributed by atoms with Crippen molar-refractivity contribution < 1.29 is 4.42 Å². The van der Waals surface area contributed by atoms with E-state index >= 15 is 0 Å². The van der Waals surface area contributed by atoms with Crippen molar-refractivity contribution in [3.05, 3.63) is 53.7 Å². The van der Waals surface area contributed by atoms with Crippen molar-refractivity contribution in [1.82, 2.24) is 4.98 Å². The molecular weight excluding hydrogens is 246 g/mol. The van der Waals surface area contributed by atoms with Gasteiger partial charge in [0.25, 0.3) is 0 Å². The molecule has 0 aliphatic rings. The first-order chi connectivity index (χ1) is 8.83. The third-order valence-corrected chi connectivity index (χ3v) is 3.48. The molecular formula is C15H8ClNO. The Kier molecular flexibility index (Phi) is 1.91. The van der Waals surface area contributed by atoms with Crippen LogP contribution >= 0.6 is 11.6 Å². The third-order valence-electron chi connectivity index (χ3n) is 3.17. The molecule has 4 aromatic rings. The summed E-state index contributed by atoms with van der Waals surface area (Å²) in [5, 5.41) is 3.75. The molecule has 0 unspecified atom stereocenters. The van der Waals surface area contributed by atoms with Crippen molar-refractivity contribution in [3.8, 4) is 0 Å². The number of halogens is 1. The number of rotatable bonds is 0. The number of pyridine rings is 1. The van der Waals surface area contributed by atoms with Crippen molar-refractivity contribution >= 4 is 44.4 Å². The molecule has 0 aliphatic carbocycles. The monoisotopic (exact) mass is 253 g/mol. The van der Waals surface area contributed by atoms with E-state index in [2.05, 4.69) is 4.98 Å². The van der Waals surface area contributed by atoms with Crippen LogP contribution < -0.4 is 0 Å². The second-order valence-corrected chi connectivity index (χ2v) is 4.67. The number of hydrogen-bond acceptors (Lipinski definition) is 2. The van der Waals surface area contributed by atoms with Gasteiger partial charge < -0.3 is 4.42 Å². The summed E-state index contributed by atoms with van der Waals surface area (Å²) in [6.45, 7) is 0. The van der Waals surface area contributed by atoms with E-state index in [1.54, 1.807) is 6.20 Å². The van der Waals surface area contributed by atoms with Crippen LogP contribution in [0.5, 0.6) is 0 Å². The zero-order valence-corrected chi connectivity index (χ0v) is 10.1. The van der Waals surface area contributed by atoms with Gasteiger partial charge in [-0.3, -0.25) is 4.98 Å². The van der Waals surface area contributed by atoms with Crippen LogP contribution in [-0.2, 0) is 0 Å². The second kappa shape index (κ2) is 3.47. The van der Waals surface area contributed by atoms with Gasteiger partial charge in [-0.25, -0.2) is 0 Å². The summed E-state index contributed by atoms with van der Waals surface area (Å²) in [7, 11) is 0. The quantitative estimate of drug-likeness (QED) is 0.450. The highest BCUT2D eigenvalue weighted by Gasteiger charge is 2.10. The first-order valence-electron chi connectivity index (χ1n) is 5.68. The van der Waals surface area contributed by atoms with Crippen LogP contribution in [0.1, 0.15) is 0 Å². The molecule has 2 heterocycles. The van der Waals surface area contributed by atoms with Crippen LogP contribution in [0, 0.1) is 0 Å². The fourth-order valence-corrected chi connectivity index (χ4v) is 2.62. The summed E-state index contributed by atoms with van der Waals surface area (Å²) in [5.74, 6) is 0. The topological polar surface area (TPSA) is 26.0 Å². The van der Waals surface area contributed by atoms with Crippen LogP contribution in [-0.4, -0.2) is 4.98 Å². The highest BCUT2D eigenvalue weighted by molar-refractivity contribution is 6.37. The van der Waals surface area contributed by atoms with Gasteiger partial charge >= 0.3 is 0 Å². The average molecular weight is 254 g/mol. The van der Waals surface area contributed by atoms with Crippen LogP contribution in [0.25, 0.3) is 32.8 Å². The summed E-state index contributed by atoms with van der Waals surface area (Å²) in [6, 6.07) is 13.7. The van der Waals surface area contributed by atoms with E-state index in [-0.39, 0.29) is 0 Å². The van der Waals surface area contributed by atoms with Gasteiger partial charge in [-0.05, 0) is 30.3 Å². The summed E-state index contributed by atoms with van der Waals surface area (Å²) in [6.07, 6.45) is 1.79. The molecule has 0 fully saturated rings. The Morgan fingerprint density at radius 2 is 1.94 bits per heavy atom. The third kappa shape index (κ3) is 1.27. The van der Waals surface area contributed by atoms with E-state index in [1.807, 2.05) is 42.5 Å². The number of benzene rings is 2. The molecule has 0 radical (unpaired) electrons. The molecule has 2 aromatic heterocycles. The molecule has 3 heteroatoms. The SMILES string of the molecule is Clc1cccc2oc3cc4cccnc4cc3c12. The van der Waals surface area contributed by atoms with Gasteiger partial charge in [-0.2, -0.15) is 0 Å². The lowest BCUT2D eigenvalue weighted by Crippen LogP contribution is -1.77. The first-order valence-corrected chi connectivity index (χ1v) is 6.06. The molecule has 2 aromatic carbocycles. The Hall–Kier alpha value is -2.06. The maximum Gasteiger partial charge on any atom is 0.136 e. The van der Waals surface area contributed by atoms with Gasteiger partial charge in [0, 0.05) is 22.4 Å². The lowest BCUT2D eigenvalue weighted by atomic mass is 10.1. The minimum Gasteiger partial charge on any atom is -0.456 e. The zero-order valence-electron chi connectivity index (χ0n) is 9.35. The lowest BCUT2D eigenvalue weighted by molar-refractivity contribution is 0.669. The molecule has 0 bridgehead atoms. The van der Waals surface area contributed by atoms with Crippen LogP contribution in [0.4, 0.5) is 0 Å². The Morgan fingerprint density at radius 1 is 1.00 bits per heavy atom. The van der Waals surface area contributed by atoms with E-state index in [1.165, 1.54) is 0 Å². The molecule has 86 valence electrons. The molecule has 2 nitrogen and oxygen atoms in total. The number of aromatic nitrogens is 1. The van der Waals surface area contributed by atoms with Gasteiger partial charge in [-0.15, -0.1) is 0 Å². The number of nitrogens with zero attached hydrogens (tertiary/aromatic N) is 1. The molecule has 4 rings (SSSR count). The molecule has 0 aliphatic heterocycles. The van der Waals surface area contributed by atoms with Crippen molar-refractivity contribution in [2.45, 2.75) is 0 Å². The van der Waals surface area contributed by atoms with E-state index in [4.69, 9.17) is 16.0 Å². The van der Waals surface area contributed by atoms with Crippen molar-refractivity contribution in [1.29, 1.82) is 0 Å². The van der Waals surface area contributed by atoms with Gasteiger partial charge in [0.1, 0.15) is 11.2 Å². The highest BCUT2D eigenvalue weighted by atomic mass is 35.5. The molecule has 0 atom stereocenters. The van der Waals surface area contributed by atoms with Crippen LogP contribution in [0.3, 0.4) is 0 Å². The average Bonchev–Trinajstić information content (AvgIpc) is 2.74. The van der Waals surface area contributed by atoms with Gasteiger partial charge in [0.15, 0.2) is 0 Å². The standard InChI is InChI=1S/C15H8ClNO/c16-11-4-1-5-13-15(11)10-8-12-9(3-2-6-17-12)7-14(10)18-13/h1-8H. The van der Waals surface area contributed by atoms with E-state index in [0.717, 1.165) is 32.8 Å². The zero-order chi connectivity index (χ0) is 12.1. The summed E-state index contributed by atoms with van der Waals surface area (Å²) in [5.41, 5.74) is 2.61. The fraction of sp³-hybridized carbons (Fsp3) is 0. The van der Waals surface area contributed by atoms with Gasteiger partial charge in [-0.1, -0.05) is 23.7 Å². The van der Waals surface area contributed by atoms with E-state index in [0.29, 0.717) is 5.02 Å². The number of furan rings is 1. The summed E-state index contributed by atoms with van der Waals surface area (Å²) < 4.78 is 5.83. The number of fused-ring (bicyclic) bond motifs is 4. The molecule has 0 spiro atoms. The summed E-state index contributed by atoms with van der Waals surface area (Å²) >= 11 is 6.25. The second-order valence-electron chi connectivity index (χ2n) is 4.26. The Morgan fingerprint density at radius 3 is 2.89 bits per heavy atom. The largest absolute Gasteiger partial charge is 0.456 e. The minimum absolute atomic E-state index is 0.710. The van der Waals surface area contributed by atoms with E-state index in [9.17, 15) is 0 Å². The normalized spacial score (nSPS) is 11.6. The maximum absolute atomic E-state index is 6.25. The van der Waals surface area contributed by atoms with Gasteiger partial charge in [0.2, 0.25) is 0 Å². The molecule has 18 heavy (non-hydrogen) atoms. The predicted octanol–water partition coefficient (Wildman–Crippen LogP) is 4.79. The smallest absolute Gasteiger partial charge is 0.136 e. The summed E-state index contributed by atoms with van der Waals surface area (Å²) in [4.78, 5) is 4.36. The Bertz CT molecular complexity index is 895. The lowest BCUT2D eigenvalue weighted by Gasteiger charge is -1.96. The van der Waals surface area contributed by atoms with Crippen molar-refractivity contribution in [3.63, 3.8) is 0 Å². The molecule has 0 N–H and O–H groups in total. The number of hydrogen-bond donors (Lipinski definition) is 0. The van der Waals surface area contributed by atoms with Crippen molar-refractivity contribution in [2.75, 3.05) is 0 Å². The van der Waals surface area contributed by atoms with E-state index < -0.39 is 0 Å². The Labute approximate surface area is 108 Å². The predicted molar refractivity (Wildman–Crippen MR) is 74.0 cm³/mol. The maximum atomic E-state index is 6.25. The minimum atomic E-state index is 0.710. The molecule has 0 saturated heterocycles. The fourth-order valence-electron chi connectivity index (χ4n) is 2.35. The Balaban J connectivity index is 2.29. The molecule has 0 saturated carbocycles. The first kappa shape index (κ1) is 9.92. The molecule has 0 amide bonds. The van der Waals surface area contributed by atoms with Crippen LogP contribution in [0.2, 0.25) is 5.02 Å². The van der Waals surface area contributed by atoms with Crippen LogP contribution in [0.15, 0.2) is 53.1 Å². The van der Waals surface area contributed by atoms with Gasteiger partial charge in [0.05, 0.1) is 10.5 Å². The highest BCUT2D eigenvalue weighted by Crippen LogP contribution is 2.35.